The fraction of sp³-hybridized carbons (Fsp3) is 0.800. The molecule has 25 heavy (non-hydrogen) atoms. The summed E-state index contributed by atoms with van der Waals surface area (Å²) in [7, 11) is 0. The fourth-order valence-corrected chi connectivity index (χ4v) is 5.54. The third-order valence-electron chi connectivity index (χ3n) is 7.07. The van der Waals surface area contributed by atoms with Crippen LogP contribution in [0.25, 0.3) is 0 Å². The summed E-state index contributed by atoms with van der Waals surface area (Å²) < 4.78 is 11.7. The van der Waals surface area contributed by atoms with Crippen LogP contribution in [-0.2, 0) is 14.3 Å². The molecule has 3 fully saturated rings. The molecule has 4 rings (SSSR count). The van der Waals surface area contributed by atoms with Gasteiger partial charge in [0.15, 0.2) is 0 Å². The van der Waals surface area contributed by atoms with Gasteiger partial charge < -0.3 is 9.47 Å². The molecule has 0 aromatic heterocycles. The first kappa shape index (κ1) is 17.1. The van der Waals surface area contributed by atoms with Crippen molar-refractivity contribution >= 4 is 12.1 Å². The fourth-order valence-electron chi connectivity index (χ4n) is 5.54. The molecule has 1 amide bonds. The van der Waals surface area contributed by atoms with Crippen LogP contribution in [0.4, 0.5) is 4.79 Å². The summed E-state index contributed by atoms with van der Waals surface area (Å²) in [6.45, 7) is 13.4. The van der Waals surface area contributed by atoms with Crippen molar-refractivity contribution in [2.45, 2.75) is 72.1 Å². The van der Waals surface area contributed by atoms with Gasteiger partial charge in [-0.3, -0.25) is 4.79 Å². The third-order valence-corrected chi connectivity index (χ3v) is 7.07. The summed E-state index contributed by atoms with van der Waals surface area (Å²) in [5, 5.41) is 0. The quantitative estimate of drug-likeness (QED) is 0.565. The highest BCUT2D eigenvalue weighted by Gasteiger charge is 2.66. The topological polar surface area (TPSA) is 52.6 Å². The van der Waals surface area contributed by atoms with Gasteiger partial charge in [-0.05, 0) is 33.6 Å². The minimum atomic E-state index is -0.302. The lowest BCUT2D eigenvalue weighted by Crippen LogP contribution is -2.70. The second-order valence-electron chi connectivity index (χ2n) is 10.2. The Labute approximate surface area is 149 Å². The van der Waals surface area contributed by atoms with Gasteiger partial charge in [0, 0.05) is 22.8 Å². The molecule has 0 spiro atoms. The van der Waals surface area contributed by atoms with Crippen LogP contribution in [0.2, 0.25) is 0 Å². The highest BCUT2D eigenvalue weighted by Crippen LogP contribution is 2.56. The molecule has 5 nitrogen and oxygen atoms in total. The minimum absolute atomic E-state index is 0.0143. The molecule has 0 N–H and O–H groups in total. The predicted octanol–water partition coefficient (Wildman–Crippen LogP) is 3.63. The predicted molar refractivity (Wildman–Crippen MR) is 92.3 cm³/mol. The summed E-state index contributed by atoms with van der Waals surface area (Å²) in [5.74, 6) is 0.134. The lowest BCUT2D eigenvalue weighted by atomic mass is 9.80. The van der Waals surface area contributed by atoms with E-state index < -0.39 is 0 Å². The summed E-state index contributed by atoms with van der Waals surface area (Å²) >= 11 is 0. The minimum Gasteiger partial charge on any atom is -0.462 e. The van der Waals surface area contributed by atoms with Gasteiger partial charge in [-0.25, -0.2) is 0 Å². The monoisotopic (exact) mass is 348 g/mol. The standard InChI is InChI=1S/C20H30NO4/c1-11-9-21(20(11,5)6,10-19(2,3)4)18(23)25-16-12-7-13-14(8-12)24-17(22)15(13)16/h9,12-16H,7-8,10H2,1-6H3/q+1. The zero-order valence-electron chi connectivity index (χ0n) is 16.2. The van der Waals surface area contributed by atoms with E-state index in [-0.39, 0.29) is 57.5 Å². The van der Waals surface area contributed by atoms with Gasteiger partial charge in [0.05, 0.1) is 6.54 Å². The molecule has 6 atom stereocenters. The molecule has 0 aromatic carbocycles. The normalized spacial score (nSPS) is 43.5. The number of hydrogen-bond donors (Lipinski definition) is 0. The Bertz CT molecular complexity index is 672. The Hall–Kier alpha value is -1.36. The van der Waals surface area contributed by atoms with Crippen LogP contribution in [0.1, 0.15) is 54.4 Å². The van der Waals surface area contributed by atoms with E-state index in [2.05, 4.69) is 41.5 Å². The van der Waals surface area contributed by atoms with Gasteiger partial charge >= 0.3 is 12.1 Å². The van der Waals surface area contributed by atoms with Gasteiger partial charge in [0.25, 0.3) is 0 Å². The summed E-state index contributed by atoms with van der Waals surface area (Å²) in [4.78, 5) is 25.5. The maximum atomic E-state index is 13.4. The number of carbonyl (C=O) groups excluding carboxylic acids is 2. The highest BCUT2D eigenvalue weighted by atomic mass is 16.6. The lowest BCUT2D eigenvalue weighted by Gasteiger charge is -2.53. The number of quaternary nitrogens is 1. The molecule has 1 saturated heterocycles. The van der Waals surface area contributed by atoms with Crippen LogP contribution in [0.3, 0.4) is 0 Å². The van der Waals surface area contributed by atoms with Crippen molar-refractivity contribution in [2.24, 2.45) is 23.2 Å². The van der Waals surface area contributed by atoms with Crippen LogP contribution >= 0.6 is 0 Å². The van der Waals surface area contributed by atoms with Gasteiger partial charge in [-0.2, -0.15) is 9.28 Å². The second-order valence-corrected chi connectivity index (χ2v) is 10.2. The van der Waals surface area contributed by atoms with Crippen LogP contribution in [-0.4, -0.2) is 40.8 Å². The van der Waals surface area contributed by atoms with Crippen LogP contribution in [0.15, 0.2) is 11.8 Å². The van der Waals surface area contributed by atoms with Gasteiger partial charge in [-0.15, -0.1) is 0 Å². The van der Waals surface area contributed by atoms with Crippen molar-refractivity contribution in [3.63, 3.8) is 0 Å². The zero-order valence-corrected chi connectivity index (χ0v) is 16.2. The van der Waals surface area contributed by atoms with E-state index in [9.17, 15) is 9.59 Å². The molecule has 6 unspecified atom stereocenters. The zero-order chi connectivity index (χ0) is 18.4. The van der Waals surface area contributed by atoms with Crippen molar-refractivity contribution < 1.29 is 23.5 Å². The van der Waals surface area contributed by atoms with E-state index in [1.807, 2.05) is 6.20 Å². The van der Waals surface area contributed by atoms with Crippen molar-refractivity contribution in [1.29, 1.82) is 0 Å². The first-order chi connectivity index (χ1) is 11.5. The number of ether oxygens (including phenoxy) is 2. The Kier molecular flexibility index (Phi) is 3.33. The van der Waals surface area contributed by atoms with E-state index in [0.717, 1.165) is 12.8 Å². The van der Waals surface area contributed by atoms with E-state index in [0.29, 0.717) is 6.54 Å². The lowest BCUT2D eigenvalue weighted by molar-refractivity contribution is -0.879. The summed E-state index contributed by atoms with van der Waals surface area (Å²) in [6.07, 6.45) is 3.40. The van der Waals surface area contributed by atoms with Gasteiger partial charge in [0.2, 0.25) is 0 Å². The van der Waals surface area contributed by atoms with Crippen molar-refractivity contribution in [3.8, 4) is 0 Å². The molecule has 138 valence electrons. The number of esters is 1. The maximum Gasteiger partial charge on any atom is 0.521 e. The Morgan fingerprint density at radius 2 is 2.04 bits per heavy atom. The first-order valence-electron chi connectivity index (χ1n) is 9.46. The summed E-state index contributed by atoms with van der Waals surface area (Å²) in [6, 6.07) is 0. The number of nitrogens with zero attached hydrogens (tertiary/aromatic N) is 1. The van der Waals surface area contributed by atoms with Crippen molar-refractivity contribution in [1.82, 2.24) is 0 Å². The third kappa shape index (κ3) is 2.17. The van der Waals surface area contributed by atoms with Crippen molar-refractivity contribution in [3.05, 3.63) is 11.8 Å². The molecule has 2 bridgehead atoms. The Morgan fingerprint density at radius 3 is 2.60 bits per heavy atom. The SMILES string of the molecule is CC1=C[N+](CC(C)(C)C)(C(=O)OC2C3CC4OC(=O)C2C4C3)C1(C)C. The molecule has 5 heteroatoms. The van der Waals surface area contributed by atoms with Crippen LogP contribution in [0, 0.1) is 23.2 Å². The van der Waals surface area contributed by atoms with Crippen molar-refractivity contribution in [2.75, 3.05) is 6.54 Å². The molecule has 4 aliphatic rings. The smallest absolute Gasteiger partial charge is 0.462 e. The molecule has 0 radical (unpaired) electrons. The largest absolute Gasteiger partial charge is 0.521 e. The Morgan fingerprint density at radius 1 is 1.36 bits per heavy atom. The number of hydrogen-bond acceptors (Lipinski definition) is 4. The summed E-state index contributed by atoms with van der Waals surface area (Å²) in [5.41, 5.74) is 0.919. The van der Waals surface area contributed by atoms with E-state index in [1.54, 1.807) is 0 Å². The maximum absolute atomic E-state index is 13.4. The number of rotatable bonds is 2. The number of carbonyl (C=O) groups is 2. The first-order valence-corrected chi connectivity index (χ1v) is 9.46. The van der Waals surface area contributed by atoms with E-state index in [4.69, 9.17) is 9.47 Å². The van der Waals surface area contributed by atoms with Crippen LogP contribution < -0.4 is 0 Å². The molecule has 2 saturated carbocycles. The molecule has 2 aliphatic carbocycles. The number of fused-ring (bicyclic) bond motifs is 1. The van der Waals surface area contributed by atoms with E-state index in [1.165, 1.54) is 5.57 Å². The second kappa shape index (κ2) is 4.87. The average molecular weight is 348 g/mol. The average Bonchev–Trinajstić information content (AvgIpc) is 3.07. The molecule has 2 heterocycles. The van der Waals surface area contributed by atoms with E-state index >= 15 is 0 Å². The number of amides is 1. The molecule has 2 aliphatic heterocycles. The Balaban J connectivity index is 1.60. The molecular weight excluding hydrogens is 318 g/mol. The van der Waals surface area contributed by atoms with Crippen LogP contribution in [0.5, 0.6) is 0 Å². The van der Waals surface area contributed by atoms with Gasteiger partial charge in [-0.1, -0.05) is 20.8 Å². The highest BCUT2D eigenvalue weighted by molar-refractivity contribution is 5.78. The van der Waals surface area contributed by atoms with Gasteiger partial charge in [0.1, 0.15) is 29.9 Å². The molecule has 0 aromatic rings. The molecular formula is C20H30NO4+.